The van der Waals surface area contributed by atoms with Crippen LogP contribution >= 0.6 is 0 Å². The monoisotopic (exact) mass is 401 g/mol. The molecule has 0 radical (unpaired) electrons. The molecule has 2 aromatic carbocycles. The number of carbonyl (C=O) groups is 1. The van der Waals surface area contributed by atoms with Crippen molar-refractivity contribution in [1.29, 1.82) is 0 Å². The third-order valence-corrected chi connectivity index (χ3v) is 4.47. The van der Waals surface area contributed by atoms with Crippen molar-refractivity contribution < 1.29 is 14.8 Å². The Bertz CT molecular complexity index is 984. The lowest BCUT2D eigenvalue weighted by molar-refractivity contribution is -0.558. The van der Waals surface area contributed by atoms with Crippen LogP contribution in [-0.2, 0) is 4.79 Å². The van der Waals surface area contributed by atoms with Gasteiger partial charge in [-0.05, 0) is 30.7 Å². The molecule has 0 saturated carbocycles. The molecule has 30 heavy (non-hydrogen) atoms. The Kier molecular flexibility index (Phi) is 9.10. The first kappa shape index (κ1) is 22.7. The fourth-order valence-corrected chi connectivity index (χ4v) is 2.90. The number of rotatable bonds is 11. The van der Waals surface area contributed by atoms with Crippen LogP contribution in [0.5, 0.6) is 5.75 Å². The maximum Gasteiger partial charge on any atom is 0.217 e. The van der Waals surface area contributed by atoms with E-state index in [0.29, 0.717) is 17.8 Å². The van der Waals surface area contributed by atoms with Gasteiger partial charge >= 0.3 is 0 Å². The van der Waals surface area contributed by atoms with Crippen LogP contribution in [0.1, 0.15) is 17.5 Å². The fraction of sp³-hybridized carbons (Fsp3) is 0.115. The predicted molar refractivity (Wildman–Crippen MR) is 126 cm³/mol. The Morgan fingerprint density at radius 3 is 2.53 bits per heavy atom. The van der Waals surface area contributed by atoms with Gasteiger partial charge in [-0.3, -0.25) is 4.79 Å². The average molecular weight is 402 g/mol. The maximum absolute atomic E-state index is 12.3. The van der Waals surface area contributed by atoms with Gasteiger partial charge in [0.15, 0.2) is 0 Å². The van der Waals surface area contributed by atoms with Crippen molar-refractivity contribution in [3.63, 3.8) is 0 Å². The van der Waals surface area contributed by atoms with Crippen molar-refractivity contribution in [3.8, 4) is 5.75 Å². The summed E-state index contributed by atoms with van der Waals surface area (Å²) in [6.07, 6.45) is 13.8. The molecule has 154 valence electrons. The summed E-state index contributed by atoms with van der Waals surface area (Å²) >= 11 is 0. The molecular weight excluding hydrogens is 372 g/mol. The zero-order valence-electron chi connectivity index (χ0n) is 17.4. The van der Waals surface area contributed by atoms with E-state index in [2.05, 4.69) is 31.4 Å². The molecular formula is C26H29N2O2+. The van der Waals surface area contributed by atoms with Gasteiger partial charge in [0.2, 0.25) is 5.78 Å². The molecule has 0 heterocycles. The number of nitrogens with two attached hydrogens (primary N) is 2. The van der Waals surface area contributed by atoms with E-state index in [9.17, 15) is 4.79 Å². The van der Waals surface area contributed by atoms with E-state index >= 15 is 0 Å². The molecule has 4 heteroatoms. The number of ketones is 1. The third-order valence-electron chi connectivity index (χ3n) is 4.47. The van der Waals surface area contributed by atoms with Crippen molar-refractivity contribution in [1.82, 2.24) is 0 Å². The number of allylic oxidation sites excluding steroid dienone is 5. The van der Waals surface area contributed by atoms with Gasteiger partial charge in [0.25, 0.3) is 0 Å². The number of nitrogen functional groups attached to an aromatic ring is 1. The molecule has 0 spiro atoms. The second-order valence-electron chi connectivity index (χ2n) is 6.56. The molecule has 0 bridgehead atoms. The van der Waals surface area contributed by atoms with Crippen LogP contribution in [0.2, 0.25) is 0 Å². The summed E-state index contributed by atoms with van der Waals surface area (Å²) in [7, 11) is 1.63. The molecule has 0 aliphatic heterocycles. The largest absolute Gasteiger partial charge is 0.496 e. The van der Waals surface area contributed by atoms with Gasteiger partial charge in [-0.15, -0.1) is 0 Å². The first-order valence-corrected chi connectivity index (χ1v) is 9.76. The molecule has 0 atom stereocenters. The number of benzene rings is 2. The zero-order chi connectivity index (χ0) is 21.8. The van der Waals surface area contributed by atoms with E-state index in [1.165, 1.54) is 0 Å². The van der Waals surface area contributed by atoms with Gasteiger partial charge in [-0.1, -0.05) is 67.8 Å². The summed E-state index contributed by atoms with van der Waals surface area (Å²) in [4.78, 5) is 12.3. The molecule has 0 aromatic heterocycles. The number of quaternary nitrogens is 1. The smallest absolute Gasteiger partial charge is 0.217 e. The van der Waals surface area contributed by atoms with Gasteiger partial charge in [-0.2, -0.15) is 0 Å². The summed E-state index contributed by atoms with van der Waals surface area (Å²) in [5, 5.41) is 1.94. The SMILES string of the molecule is C=C/C=C(\C=C)C(=O)C[NH2+]c1ccccc1/C=C\C/C=C/c1ccc(N)cc1OC. The maximum atomic E-state index is 12.3. The minimum Gasteiger partial charge on any atom is -0.496 e. The minimum atomic E-state index is 0.0176. The van der Waals surface area contributed by atoms with E-state index in [1.54, 1.807) is 25.3 Å². The lowest BCUT2D eigenvalue weighted by Gasteiger charge is -2.05. The Hall–Kier alpha value is -3.63. The van der Waals surface area contributed by atoms with E-state index in [4.69, 9.17) is 10.5 Å². The van der Waals surface area contributed by atoms with E-state index in [1.807, 2.05) is 53.9 Å². The number of anilines is 1. The number of methoxy groups -OCH3 is 1. The average Bonchev–Trinajstić information content (AvgIpc) is 2.77. The Morgan fingerprint density at radius 1 is 1.10 bits per heavy atom. The lowest BCUT2D eigenvalue weighted by Crippen LogP contribution is -2.80. The van der Waals surface area contributed by atoms with Crippen molar-refractivity contribution in [2.24, 2.45) is 0 Å². The number of para-hydroxylation sites is 1. The van der Waals surface area contributed by atoms with Crippen molar-refractivity contribution in [2.75, 3.05) is 19.4 Å². The summed E-state index contributed by atoms with van der Waals surface area (Å²) in [5.41, 5.74) is 10.1. The first-order chi connectivity index (χ1) is 14.6. The highest BCUT2D eigenvalue weighted by Crippen LogP contribution is 2.23. The normalized spacial score (nSPS) is 11.7. The summed E-state index contributed by atoms with van der Waals surface area (Å²) in [5.74, 6) is 0.772. The van der Waals surface area contributed by atoms with E-state index < -0.39 is 0 Å². The Labute approximate surface area is 178 Å². The van der Waals surface area contributed by atoms with Crippen molar-refractivity contribution in [2.45, 2.75) is 6.42 Å². The van der Waals surface area contributed by atoms with Crippen LogP contribution in [0.15, 0.2) is 91.6 Å². The van der Waals surface area contributed by atoms with Crippen LogP contribution in [0, 0.1) is 0 Å². The van der Waals surface area contributed by atoms with Gasteiger partial charge < -0.3 is 15.8 Å². The highest BCUT2D eigenvalue weighted by molar-refractivity contribution is 5.98. The minimum absolute atomic E-state index is 0.0176. The van der Waals surface area contributed by atoms with Crippen LogP contribution in [0.25, 0.3) is 12.2 Å². The summed E-state index contributed by atoms with van der Waals surface area (Å²) in [6, 6.07) is 13.6. The number of hydrogen-bond donors (Lipinski definition) is 2. The van der Waals surface area contributed by atoms with Crippen LogP contribution in [-0.4, -0.2) is 19.4 Å². The highest BCUT2D eigenvalue weighted by Gasteiger charge is 2.10. The van der Waals surface area contributed by atoms with E-state index in [0.717, 1.165) is 29.0 Å². The standard InChI is InChI=1S/C26H28N2O2/c1-4-11-20(5-2)25(29)19-28-24-15-10-9-13-21(24)12-7-6-8-14-22-16-17-23(27)18-26(22)30-3/h4-5,7-18,28H,1-2,6,19,27H2,3H3/p+1/b12-7-,14-8+,20-11+. The van der Waals surface area contributed by atoms with Crippen LogP contribution in [0.4, 0.5) is 11.4 Å². The molecule has 4 nitrogen and oxygen atoms in total. The van der Waals surface area contributed by atoms with Crippen LogP contribution in [0.3, 0.4) is 0 Å². The molecule has 0 saturated heterocycles. The van der Waals surface area contributed by atoms with Crippen molar-refractivity contribution >= 4 is 29.3 Å². The lowest BCUT2D eigenvalue weighted by atomic mass is 10.1. The van der Waals surface area contributed by atoms with Gasteiger partial charge in [0.1, 0.15) is 18.0 Å². The molecule has 4 N–H and O–H groups in total. The highest BCUT2D eigenvalue weighted by atomic mass is 16.5. The van der Waals surface area contributed by atoms with Gasteiger partial charge in [0, 0.05) is 28.5 Å². The molecule has 0 unspecified atom stereocenters. The first-order valence-electron chi connectivity index (χ1n) is 9.76. The molecule has 0 fully saturated rings. The molecule has 0 aliphatic rings. The zero-order valence-corrected chi connectivity index (χ0v) is 17.4. The quantitative estimate of drug-likeness (QED) is 0.332. The van der Waals surface area contributed by atoms with Gasteiger partial charge in [0.05, 0.1) is 7.11 Å². The van der Waals surface area contributed by atoms with Crippen molar-refractivity contribution in [3.05, 3.63) is 103 Å². The fourth-order valence-electron chi connectivity index (χ4n) is 2.90. The summed E-state index contributed by atoms with van der Waals surface area (Å²) < 4.78 is 5.36. The molecule has 2 rings (SSSR count). The molecule has 0 amide bonds. The number of carbonyl (C=O) groups excluding carboxylic acids is 1. The second kappa shape index (κ2) is 12.0. The number of Topliss-reactive ketones (excluding diaryl/α,β-unsaturated/α-hetero) is 1. The van der Waals surface area contributed by atoms with Crippen LogP contribution < -0.4 is 15.8 Å². The number of ether oxygens (including phenoxy) is 1. The predicted octanol–water partition coefficient (Wildman–Crippen LogP) is 4.46. The van der Waals surface area contributed by atoms with E-state index in [-0.39, 0.29) is 5.78 Å². The molecule has 0 aliphatic carbocycles. The number of hydrogen-bond acceptors (Lipinski definition) is 3. The Morgan fingerprint density at radius 2 is 1.83 bits per heavy atom. The van der Waals surface area contributed by atoms with Gasteiger partial charge in [-0.25, -0.2) is 0 Å². The topological polar surface area (TPSA) is 68.9 Å². The summed E-state index contributed by atoms with van der Waals surface area (Å²) in [6.45, 7) is 7.63. The second-order valence-corrected chi connectivity index (χ2v) is 6.56. The Balaban J connectivity index is 2.00. The third kappa shape index (κ3) is 6.76. The molecule has 2 aromatic rings.